The maximum absolute atomic E-state index is 11.9. The van der Waals surface area contributed by atoms with Crippen molar-refractivity contribution in [3.63, 3.8) is 0 Å². The van der Waals surface area contributed by atoms with Crippen LogP contribution in [0.5, 0.6) is 11.5 Å². The van der Waals surface area contributed by atoms with Crippen LogP contribution in [0.2, 0.25) is 0 Å². The van der Waals surface area contributed by atoms with E-state index in [2.05, 4.69) is 39.7 Å². The Morgan fingerprint density at radius 1 is 1.07 bits per heavy atom. The van der Waals surface area contributed by atoms with Gasteiger partial charge in [0.05, 0.1) is 0 Å². The fraction of sp³-hybridized carbons (Fsp3) is 0.238. The molecule has 6 nitrogen and oxygen atoms in total. The molecule has 1 saturated heterocycles. The highest BCUT2D eigenvalue weighted by molar-refractivity contribution is 5.93. The van der Waals surface area contributed by atoms with E-state index in [1.165, 1.54) is 23.8 Å². The van der Waals surface area contributed by atoms with Gasteiger partial charge in [-0.15, -0.1) is 0 Å². The van der Waals surface area contributed by atoms with Crippen molar-refractivity contribution in [2.24, 2.45) is 5.10 Å². The molecule has 3 N–H and O–H groups in total. The smallest absolute Gasteiger partial charge is 0.264 e. The van der Waals surface area contributed by atoms with E-state index in [9.17, 15) is 15.0 Å². The zero-order chi connectivity index (χ0) is 19.1. The van der Waals surface area contributed by atoms with Gasteiger partial charge in [-0.25, -0.2) is 5.43 Å². The van der Waals surface area contributed by atoms with E-state index < -0.39 is 0 Å². The van der Waals surface area contributed by atoms with E-state index in [1.807, 2.05) is 6.07 Å². The van der Waals surface area contributed by atoms with Gasteiger partial charge in [-0.2, -0.15) is 5.10 Å². The van der Waals surface area contributed by atoms with Gasteiger partial charge < -0.3 is 10.2 Å². The number of carbonyl (C=O) groups is 1. The number of hydrogen-bond donors (Lipinski definition) is 3. The Kier molecular flexibility index (Phi) is 6.22. The van der Waals surface area contributed by atoms with E-state index in [1.54, 1.807) is 12.1 Å². The average molecular weight is 365 g/mol. The van der Waals surface area contributed by atoms with Gasteiger partial charge in [-0.3, -0.25) is 9.69 Å². The molecular formula is C21H23N3O3. The van der Waals surface area contributed by atoms with Crippen molar-refractivity contribution in [3.8, 4) is 11.5 Å². The van der Waals surface area contributed by atoms with E-state index in [4.69, 9.17) is 0 Å². The summed E-state index contributed by atoms with van der Waals surface area (Å²) in [5, 5.41) is 22.9. The van der Waals surface area contributed by atoms with Crippen LogP contribution in [0.3, 0.4) is 0 Å². The summed E-state index contributed by atoms with van der Waals surface area (Å²) in [5.41, 5.74) is 5.45. The zero-order valence-electron chi connectivity index (χ0n) is 15.0. The van der Waals surface area contributed by atoms with Gasteiger partial charge in [-0.1, -0.05) is 36.4 Å². The first kappa shape index (κ1) is 18.7. The van der Waals surface area contributed by atoms with Crippen molar-refractivity contribution in [3.05, 3.63) is 65.7 Å². The monoisotopic (exact) mass is 365 g/mol. The van der Waals surface area contributed by atoms with Crippen molar-refractivity contribution < 1.29 is 15.0 Å². The van der Waals surface area contributed by atoms with Crippen molar-refractivity contribution in [2.45, 2.75) is 19.4 Å². The minimum Gasteiger partial charge on any atom is -0.504 e. The minimum atomic E-state index is -0.332. The Balaban J connectivity index is 1.45. The van der Waals surface area contributed by atoms with Crippen LogP contribution in [0.15, 0.2) is 59.7 Å². The predicted octanol–water partition coefficient (Wildman–Crippen LogP) is 2.88. The van der Waals surface area contributed by atoms with Gasteiger partial charge in [0.25, 0.3) is 5.91 Å². The molecule has 2 aromatic rings. The number of carbonyl (C=O) groups excluding carboxylic acids is 1. The highest BCUT2D eigenvalue weighted by atomic mass is 16.3. The van der Waals surface area contributed by atoms with Crippen molar-refractivity contribution >= 4 is 17.7 Å². The summed E-state index contributed by atoms with van der Waals surface area (Å²) in [6, 6.07) is 14.7. The summed E-state index contributed by atoms with van der Waals surface area (Å²) in [5.74, 6) is -0.747. The first-order valence-electron chi connectivity index (χ1n) is 8.92. The van der Waals surface area contributed by atoms with Crippen LogP contribution in [0, 0.1) is 0 Å². The largest absolute Gasteiger partial charge is 0.504 e. The van der Waals surface area contributed by atoms with Crippen molar-refractivity contribution in [1.29, 1.82) is 0 Å². The molecule has 6 heteroatoms. The summed E-state index contributed by atoms with van der Waals surface area (Å²) in [4.78, 5) is 14.3. The van der Waals surface area contributed by atoms with Crippen molar-refractivity contribution in [1.82, 2.24) is 10.3 Å². The molecule has 0 radical (unpaired) electrons. The standard InChI is InChI=1S/C21H23N3O3/c25-19-8-6-16(14-20(19)26)7-9-21(27)23-22-18-10-12-24(13-11-18)15-17-4-2-1-3-5-17/h1-9,14,25-26H,10-13,15H2,(H,23,27)/b9-7+. The lowest BCUT2D eigenvalue weighted by molar-refractivity contribution is -0.116. The number of likely N-dealkylation sites (tertiary alicyclic amines) is 1. The molecule has 2 aromatic carbocycles. The number of rotatable bonds is 5. The second kappa shape index (κ2) is 9.00. The molecule has 1 heterocycles. The number of phenolic OH excluding ortho intramolecular Hbond substituents is 2. The Labute approximate surface area is 158 Å². The second-order valence-corrected chi connectivity index (χ2v) is 6.50. The zero-order valence-corrected chi connectivity index (χ0v) is 15.0. The number of phenols is 2. The summed E-state index contributed by atoms with van der Waals surface area (Å²) in [7, 11) is 0. The third-order valence-electron chi connectivity index (χ3n) is 4.43. The van der Waals surface area contributed by atoms with Crippen LogP contribution >= 0.6 is 0 Å². The molecule has 1 aliphatic heterocycles. The molecule has 0 saturated carbocycles. The van der Waals surface area contributed by atoms with Crippen LogP contribution in [0.25, 0.3) is 6.08 Å². The fourth-order valence-corrected chi connectivity index (χ4v) is 2.91. The Bertz CT molecular complexity index is 837. The first-order chi connectivity index (χ1) is 13.1. The Morgan fingerprint density at radius 2 is 1.81 bits per heavy atom. The summed E-state index contributed by atoms with van der Waals surface area (Å²) < 4.78 is 0. The topological polar surface area (TPSA) is 85.2 Å². The van der Waals surface area contributed by atoms with Crippen LogP contribution in [-0.2, 0) is 11.3 Å². The molecule has 27 heavy (non-hydrogen) atoms. The molecule has 0 spiro atoms. The molecule has 1 amide bonds. The van der Waals surface area contributed by atoms with Gasteiger partial charge in [0, 0.05) is 44.3 Å². The highest BCUT2D eigenvalue weighted by Crippen LogP contribution is 2.25. The van der Waals surface area contributed by atoms with E-state index in [0.29, 0.717) is 5.56 Å². The minimum absolute atomic E-state index is 0.193. The molecule has 0 atom stereocenters. The van der Waals surface area contributed by atoms with Crippen LogP contribution in [0.1, 0.15) is 24.0 Å². The van der Waals surface area contributed by atoms with E-state index in [0.717, 1.165) is 38.2 Å². The molecule has 0 unspecified atom stereocenters. The lowest BCUT2D eigenvalue weighted by Crippen LogP contribution is -2.34. The summed E-state index contributed by atoms with van der Waals surface area (Å²) in [6.07, 6.45) is 4.57. The Morgan fingerprint density at radius 3 is 2.52 bits per heavy atom. The fourth-order valence-electron chi connectivity index (χ4n) is 2.91. The number of hydrogen-bond acceptors (Lipinski definition) is 5. The van der Waals surface area contributed by atoms with Crippen LogP contribution in [-0.4, -0.2) is 39.8 Å². The number of piperidine rings is 1. The number of hydrazone groups is 1. The number of amides is 1. The van der Waals surface area contributed by atoms with Gasteiger partial charge in [0.1, 0.15) is 0 Å². The Hall–Kier alpha value is -3.12. The molecule has 1 fully saturated rings. The third kappa shape index (κ3) is 5.69. The quantitative estimate of drug-likeness (QED) is 0.432. The normalized spacial score (nSPS) is 15.0. The molecule has 0 bridgehead atoms. The van der Waals surface area contributed by atoms with E-state index in [-0.39, 0.29) is 17.4 Å². The number of nitrogens with zero attached hydrogens (tertiary/aromatic N) is 2. The lowest BCUT2D eigenvalue weighted by Gasteiger charge is -2.27. The summed E-state index contributed by atoms with van der Waals surface area (Å²) >= 11 is 0. The lowest BCUT2D eigenvalue weighted by atomic mass is 10.1. The predicted molar refractivity (Wildman–Crippen MR) is 105 cm³/mol. The van der Waals surface area contributed by atoms with Gasteiger partial charge in [-0.05, 0) is 29.3 Å². The number of nitrogens with one attached hydrogen (secondary N) is 1. The third-order valence-corrected chi connectivity index (χ3v) is 4.43. The maximum atomic E-state index is 11.9. The number of benzene rings is 2. The maximum Gasteiger partial charge on any atom is 0.264 e. The molecule has 0 aromatic heterocycles. The van der Waals surface area contributed by atoms with Crippen LogP contribution in [0.4, 0.5) is 0 Å². The molecular weight excluding hydrogens is 342 g/mol. The van der Waals surface area contributed by atoms with Gasteiger partial charge >= 0.3 is 0 Å². The van der Waals surface area contributed by atoms with Gasteiger partial charge in [0.15, 0.2) is 11.5 Å². The number of aromatic hydroxyl groups is 2. The van der Waals surface area contributed by atoms with Gasteiger partial charge in [0.2, 0.25) is 0 Å². The highest BCUT2D eigenvalue weighted by Gasteiger charge is 2.15. The molecule has 140 valence electrons. The first-order valence-corrected chi connectivity index (χ1v) is 8.92. The van der Waals surface area contributed by atoms with E-state index >= 15 is 0 Å². The summed E-state index contributed by atoms with van der Waals surface area (Å²) in [6.45, 7) is 2.78. The second-order valence-electron chi connectivity index (χ2n) is 6.50. The molecule has 1 aliphatic rings. The molecule has 3 rings (SSSR count). The molecule has 0 aliphatic carbocycles. The van der Waals surface area contributed by atoms with Crippen LogP contribution < -0.4 is 5.43 Å². The van der Waals surface area contributed by atoms with Crippen molar-refractivity contribution in [2.75, 3.05) is 13.1 Å². The average Bonchev–Trinajstić information content (AvgIpc) is 2.69. The SMILES string of the molecule is O=C(/C=C/c1ccc(O)c(O)c1)NN=C1CCN(Cc2ccccc2)CC1.